The lowest BCUT2D eigenvalue weighted by Crippen LogP contribution is -2.33. The number of amides is 2. The number of carbonyl (C=O) groups is 2. The number of nitrogens with two attached hydrogens (primary N) is 2. The van der Waals surface area contributed by atoms with Gasteiger partial charge in [0.25, 0.3) is 11.8 Å². The molecule has 2 amide bonds. The molecule has 0 bridgehead atoms. The first-order valence-electron chi connectivity index (χ1n) is 4.24. The summed E-state index contributed by atoms with van der Waals surface area (Å²) in [6.45, 7) is 0. The zero-order valence-electron chi connectivity index (χ0n) is 8.48. The first-order valence-corrected chi connectivity index (χ1v) is 5.38. The summed E-state index contributed by atoms with van der Waals surface area (Å²) >= 11 is 16.9. The van der Waals surface area contributed by atoms with Gasteiger partial charge in [-0.05, 0) is 0 Å². The van der Waals surface area contributed by atoms with Crippen molar-refractivity contribution in [3.05, 3.63) is 32.0 Å². The number of carbonyl (C=O) groups excluding carboxylic acids is 2. The van der Waals surface area contributed by atoms with Gasteiger partial charge in [0, 0.05) is 0 Å². The number of hydrogen-bond acceptors (Lipinski definition) is 4. The van der Waals surface area contributed by atoms with Gasteiger partial charge < -0.3 is 0 Å². The molecule has 1 aromatic carbocycles. The molecule has 18 heavy (non-hydrogen) atoms. The molecule has 0 fully saturated rings. The Morgan fingerprint density at radius 3 is 1.50 bits per heavy atom. The molecule has 98 valence electrons. The zero-order valence-corrected chi connectivity index (χ0v) is 10.8. The molecule has 0 aliphatic rings. The van der Waals surface area contributed by atoms with Crippen LogP contribution in [0.1, 0.15) is 20.7 Å². The molecule has 1 aromatic rings. The van der Waals surface area contributed by atoms with Crippen LogP contribution in [0.5, 0.6) is 0 Å². The van der Waals surface area contributed by atoms with Gasteiger partial charge in [-0.25, -0.2) is 16.1 Å². The van der Waals surface area contributed by atoms with Gasteiger partial charge in [-0.1, -0.05) is 34.8 Å². The summed E-state index contributed by atoms with van der Waals surface area (Å²) in [6.07, 6.45) is 0. The maximum Gasteiger partial charge on any atom is 0.268 e. The molecule has 10 heteroatoms. The molecule has 0 aliphatic heterocycles. The van der Waals surface area contributed by atoms with Gasteiger partial charge in [0.2, 0.25) is 0 Å². The number of nitrogen functional groups attached to an aromatic ring is 2. The van der Waals surface area contributed by atoms with E-state index in [-0.39, 0.29) is 0 Å². The van der Waals surface area contributed by atoms with Crippen LogP contribution >= 0.6 is 34.8 Å². The van der Waals surface area contributed by atoms with Crippen LogP contribution in [-0.2, 0) is 0 Å². The third-order valence-corrected chi connectivity index (χ3v) is 3.07. The number of nitrogens with one attached hydrogen (secondary N) is 2. The Balaban J connectivity index is 3.70. The van der Waals surface area contributed by atoms with Crippen molar-refractivity contribution in [1.29, 1.82) is 0 Å². The highest BCUT2D eigenvalue weighted by molar-refractivity contribution is 6.45. The smallest absolute Gasteiger partial charge is 0.268 e. The van der Waals surface area contributed by atoms with Gasteiger partial charge in [0.1, 0.15) is 0 Å². The first kappa shape index (κ1) is 14.9. The van der Waals surface area contributed by atoms with Crippen LogP contribution in [0.3, 0.4) is 0 Å². The van der Waals surface area contributed by atoms with E-state index in [4.69, 9.17) is 46.5 Å². The van der Waals surface area contributed by atoms with E-state index in [1.165, 1.54) is 0 Å². The second-order valence-electron chi connectivity index (χ2n) is 2.95. The van der Waals surface area contributed by atoms with Crippen LogP contribution in [0, 0.1) is 5.82 Å². The van der Waals surface area contributed by atoms with E-state index in [0.717, 1.165) is 0 Å². The fourth-order valence-electron chi connectivity index (χ4n) is 1.18. The number of hydrazine groups is 2. The summed E-state index contributed by atoms with van der Waals surface area (Å²) < 4.78 is 13.7. The Hall–Kier alpha value is -1.12. The zero-order chi connectivity index (χ0) is 14.0. The van der Waals surface area contributed by atoms with Crippen molar-refractivity contribution in [3.63, 3.8) is 0 Å². The van der Waals surface area contributed by atoms with Crippen LogP contribution in [-0.4, -0.2) is 11.8 Å². The van der Waals surface area contributed by atoms with Crippen LogP contribution in [0.15, 0.2) is 0 Å². The summed E-state index contributed by atoms with van der Waals surface area (Å²) in [5.74, 6) is 6.64. The molecule has 0 aromatic heterocycles. The van der Waals surface area contributed by atoms with E-state index in [2.05, 4.69) is 0 Å². The topological polar surface area (TPSA) is 110 Å². The highest BCUT2D eigenvalue weighted by Crippen LogP contribution is 2.36. The quantitative estimate of drug-likeness (QED) is 0.214. The van der Waals surface area contributed by atoms with E-state index < -0.39 is 43.8 Å². The third kappa shape index (κ3) is 2.36. The molecule has 0 saturated carbocycles. The van der Waals surface area contributed by atoms with Crippen LogP contribution < -0.4 is 22.5 Å². The molecule has 0 spiro atoms. The van der Waals surface area contributed by atoms with Gasteiger partial charge in [-0.3, -0.25) is 20.4 Å². The normalized spacial score (nSPS) is 10.1. The molecule has 0 aliphatic carbocycles. The summed E-state index contributed by atoms with van der Waals surface area (Å²) in [7, 11) is 0. The molecule has 0 unspecified atom stereocenters. The molecule has 0 saturated heterocycles. The minimum absolute atomic E-state index is 0.461. The molecular formula is C8H6Cl3FN4O2. The average Bonchev–Trinajstić information content (AvgIpc) is 2.35. The van der Waals surface area contributed by atoms with E-state index in [0.29, 0.717) is 0 Å². The second kappa shape index (κ2) is 5.68. The van der Waals surface area contributed by atoms with Gasteiger partial charge in [-0.15, -0.1) is 0 Å². The van der Waals surface area contributed by atoms with E-state index in [1.807, 2.05) is 0 Å². The fourth-order valence-corrected chi connectivity index (χ4v) is 2.23. The van der Waals surface area contributed by atoms with E-state index in [1.54, 1.807) is 10.9 Å². The van der Waals surface area contributed by atoms with Crippen molar-refractivity contribution in [2.24, 2.45) is 11.7 Å². The van der Waals surface area contributed by atoms with Gasteiger partial charge in [0.15, 0.2) is 5.82 Å². The van der Waals surface area contributed by atoms with Crippen molar-refractivity contribution in [3.8, 4) is 0 Å². The molecule has 6 nitrogen and oxygen atoms in total. The van der Waals surface area contributed by atoms with Gasteiger partial charge in [-0.2, -0.15) is 0 Å². The monoisotopic (exact) mass is 314 g/mol. The SMILES string of the molecule is NNC(=O)c1c(Cl)c(F)c(Cl)c(C(=O)NN)c1Cl. The summed E-state index contributed by atoms with van der Waals surface area (Å²) in [4.78, 5) is 22.8. The Bertz CT molecular complexity index is 495. The Labute approximate surface area is 115 Å². The Morgan fingerprint density at radius 1 is 0.889 bits per heavy atom. The lowest BCUT2D eigenvalue weighted by Gasteiger charge is -2.12. The van der Waals surface area contributed by atoms with Crippen LogP contribution in [0.4, 0.5) is 4.39 Å². The lowest BCUT2D eigenvalue weighted by molar-refractivity contribution is 0.0953. The third-order valence-electron chi connectivity index (χ3n) is 1.98. The minimum atomic E-state index is -1.18. The summed E-state index contributed by atoms with van der Waals surface area (Å²) in [5.41, 5.74) is 2.40. The van der Waals surface area contributed by atoms with Crippen LogP contribution in [0.25, 0.3) is 0 Å². The lowest BCUT2D eigenvalue weighted by atomic mass is 10.1. The number of rotatable bonds is 2. The maximum absolute atomic E-state index is 13.7. The largest absolute Gasteiger partial charge is 0.290 e. The maximum atomic E-state index is 13.7. The van der Waals surface area contributed by atoms with Crippen molar-refractivity contribution in [1.82, 2.24) is 10.9 Å². The van der Waals surface area contributed by atoms with Crippen LogP contribution in [0.2, 0.25) is 15.1 Å². The molecule has 0 heterocycles. The first-order chi connectivity index (χ1) is 8.36. The number of halogens is 4. The predicted octanol–water partition coefficient (Wildman–Crippen LogP) is 0.993. The Kier molecular flexibility index (Phi) is 4.71. The second-order valence-corrected chi connectivity index (χ2v) is 4.09. The summed E-state index contributed by atoms with van der Waals surface area (Å²) in [6, 6.07) is 0. The highest BCUT2D eigenvalue weighted by atomic mass is 35.5. The fraction of sp³-hybridized carbons (Fsp3) is 0. The van der Waals surface area contributed by atoms with E-state index in [9.17, 15) is 14.0 Å². The van der Waals surface area contributed by atoms with Crippen molar-refractivity contribution < 1.29 is 14.0 Å². The van der Waals surface area contributed by atoms with Crippen molar-refractivity contribution in [2.75, 3.05) is 0 Å². The van der Waals surface area contributed by atoms with E-state index >= 15 is 0 Å². The molecule has 1 rings (SSSR count). The van der Waals surface area contributed by atoms with Gasteiger partial charge >= 0.3 is 0 Å². The molecule has 0 radical (unpaired) electrons. The van der Waals surface area contributed by atoms with Crippen molar-refractivity contribution >= 4 is 46.6 Å². The molecular weight excluding hydrogens is 309 g/mol. The Morgan fingerprint density at radius 2 is 1.22 bits per heavy atom. The summed E-state index contributed by atoms with van der Waals surface area (Å²) in [5, 5.41) is -1.76. The van der Waals surface area contributed by atoms with Crippen molar-refractivity contribution in [2.45, 2.75) is 0 Å². The average molecular weight is 316 g/mol. The molecule has 6 N–H and O–H groups in total. The number of benzene rings is 1. The molecule has 0 atom stereocenters. The number of hydrogen-bond donors (Lipinski definition) is 4. The van der Waals surface area contributed by atoms with Gasteiger partial charge in [0.05, 0.1) is 26.2 Å². The predicted molar refractivity (Wildman–Crippen MR) is 64.7 cm³/mol. The minimum Gasteiger partial charge on any atom is -0.290 e. The highest BCUT2D eigenvalue weighted by Gasteiger charge is 2.28. The standard InChI is InChI=1S/C8H6Cl3FN4O2/c9-3-1(7(17)15-13)4(10)6(12)5(11)2(3)8(18)16-14/h13-14H2,(H,15,17)(H,16,18).